The summed E-state index contributed by atoms with van der Waals surface area (Å²) in [6.45, 7) is 0.691. The molecule has 0 spiro atoms. The Balaban J connectivity index is 2.09. The van der Waals surface area contributed by atoms with Crippen LogP contribution in [0.2, 0.25) is 0 Å². The van der Waals surface area contributed by atoms with Crippen molar-refractivity contribution >= 4 is 11.4 Å². The molecule has 0 fully saturated rings. The van der Waals surface area contributed by atoms with Gasteiger partial charge in [0.1, 0.15) is 5.82 Å². The van der Waals surface area contributed by atoms with Gasteiger partial charge in [-0.2, -0.15) is 0 Å². The summed E-state index contributed by atoms with van der Waals surface area (Å²) in [6.07, 6.45) is 0. The van der Waals surface area contributed by atoms with Crippen LogP contribution >= 0.6 is 0 Å². The van der Waals surface area contributed by atoms with Crippen LogP contribution in [0.3, 0.4) is 0 Å². The van der Waals surface area contributed by atoms with Crippen LogP contribution in [-0.4, -0.2) is 14.1 Å². The molecule has 0 heterocycles. The Morgan fingerprint density at radius 2 is 1.83 bits per heavy atom. The lowest BCUT2D eigenvalue weighted by molar-refractivity contribution is 0.625. The van der Waals surface area contributed by atoms with E-state index in [-0.39, 0.29) is 5.82 Å². The van der Waals surface area contributed by atoms with Crippen molar-refractivity contribution < 1.29 is 4.39 Å². The number of rotatable bonds is 4. The fourth-order valence-corrected chi connectivity index (χ4v) is 1.88. The molecule has 0 aliphatic rings. The molecule has 18 heavy (non-hydrogen) atoms. The van der Waals surface area contributed by atoms with Gasteiger partial charge in [0.05, 0.1) is 0 Å². The maximum atomic E-state index is 13.1. The Morgan fingerprint density at radius 3 is 2.44 bits per heavy atom. The van der Waals surface area contributed by atoms with Crippen LogP contribution in [0.25, 0.3) is 0 Å². The summed E-state index contributed by atoms with van der Waals surface area (Å²) >= 11 is 0. The molecule has 0 saturated heterocycles. The van der Waals surface area contributed by atoms with Crippen molar-refractivity contribution in [3.63, 3.8) is 0 Å². The largest absolute Gasteiger partial charge is 0.388 e. The normalized spacial score (nSPS) is 10.2. The number of halogens is 1. The van der Waals surface area contributed by atoms with Gasteiger partial charge in [0.2, 0.25) is 0 Å². The predicted octanol–water partition coefficient (Wildman–Crippen LogP) is 3.50. The van der Waals surface area contributed by atoms with Crippen LogP contribution in [0.4, 0.5) is 15.8 Å². The minimum atomic E-state index is -0.188. The van der Waals surface area contributed by atoms with Gasteiger partial charge < -0.3 is 10.2 Å². The standard InChI is InChI=1S/C15H17FN2/c1-17-14-6-8-15(9-7-14)18(2)11-12-4-3-5-13(16)10-12/h3-10,17H,11H2,1-2H3. The fourth-order valence-electron chi connectivity index (χ4n) is 1.88. The molecule has 0 saturated carbocycles. The molecular formula is C15H17FN2. The monoisotopic (exact) mass is 244 g/mol. The summed E-state index contributed by atoms with van der Waals surface area (Å²) in [6, 6.07) is 14.8. The van der Waals surface area contributed by atoms with E-state index in [2.05, 4.69) is 10.2 Å². The minimum Gasteiger partial charge on any atom is -0.388 e. The molecular weight excluding hydrogens is 227 g/mol. The van der Waals surface area contributed by atoms with E-state index < -0.39 is 0 Å². The van der Waals surface area contributed by atoms with E-state index in [1.807, 2.05) is 44.4 Å². The molecule has 2 rings (SSSR count). The molecule has 0 aliphatic heterocycles. The molecule has 94 valence electrons. The highest BCUT2D eigenvalue weighted by Crippen LogP contribution is 2.18. The van der Waals surface area contributed by atoms with Gasteiger partial charge >= 0.3 is 0 Å². The molecule has 3 heteroatoms. The SMILES string of the molecule is CNc1ccc(N(C)Cc2cccc(F)c2)cc1. The Hall–Kier alpha value is -2.03. The number of anilines is 2. The van der Waals surface area contributed by atoms with Crippen LogP contribution in [0.15, 0.2) is 48.5 Å². The van der Waals surface area contributed by atoms with Crippen LogP contribution < -0.4 is 10.2 Å². The summed E-state index contributed by atoms with van der Waals surface area (Å²) in [5, 5.41) is 3.08. The van der Waals surface area contributed by atoms with Crippen LogP contribution in [-0.2, 0) is 6.54 Å². The molecule has 2 nitrogen and oxygen atoms in total. The number of hydrogen-bond acceptors (Lipinski definition) is 2. The van der Waals surface area contributed by atoms with Gasteiger partial charge in [-0.3, -0.25) is 0 Å². The number of nitrogens with zero attached hydrogens (tertiary/aromatic N) is 1. The molecule has 0 bridgehead atoms. The van der Waals surface area contributed by atoms with Crippen molar-refractivity contribution in [3.05, 3.63) is 59.9 Å². The zero-order chi connectivity index (χ0) is 13.0. The third-order valence-electron chi connectivity index (χ3n) is 2.91. The third kappa shape index (κ3) is 3.00. The van der Waals surface area contributed by atoms with E-state index in [9.17, 15) is 4.39 Å². The smallest absolute Gasteiger partial charge is 0.123 e. The van der Waals surface area contributed by atoms with Gasteiger partial charge in [-0.25, -0.2) is 4.39 Å². The van der Waals surface area contributed by atoms with E-state index in [1.54, 1.807) is 12.1 Å². The van der Waals surface area contributed by atoms with Gasteiger partial charge in [0, 0.05) is 32.0 Å². The summed E-state index contributed by atoms with van der Waals surface area (Å²) in [5.41, 5.74) is 3.16. The van der Waals surface area contributed by atoms with Gasteiger partial charge in [-0.1, -0.05) is 12.1 Å². The van der Waals surface area contributed by atoms with Crippen molar-refractivity contribution in [2.45, 2.75) is 6.54 Å². The molecule has 0 unspecified atom stereocenters. The average molecular weight is 244 g/mol. The Morgan fingerprint density at radius 1 is 1.11 bits per heavy atom. The first-order valence-corrected chi connectivity index (χ1v) is 5.92. The zero-order valence-electron chi connectivity index (χ0n) is 10.7. The van der Waals surface area contributed by atoms with Gasteiger partial charge in [-0.05, 0) is 42.0 Å². The van der Waals surface area contributed by atoms with Crippen LogP contribution in [0, 0.1) is 5.82 Å². The van der Waals surface area contributed by atoms with Gasteiger partial charge in [-0.15, -0.1) is 0 Å². The first-order valence-electron chi connectivity index (χ1n) is 5.92. The van der Waals surface area contributed by atoms with Crippen LogP contribution in [0.1, 0.15) is 5.56 Å². The maximum Gasteiger partial charge on any atom is 0.123 e. The van der Waals surface area contributed by atoms with Crippen molar-refractivity contribution in [3.8, 4) is 0 Å². The molecule has 0 amide bonds. The zero-order valence-corrected chi connectivity index (χ0v) is 10.7. The third-order valence-corrected chi connectivity index (χ3v) is 2.91. The van der Waals surface area contributed by atoms with Crippen molar-refractivity contribution in [2.75, 3.05) is 24.3 Å². The van der Waals surface area contributed by atoms with E-state index in [1.165, 1.54) is 6.07 Å². The van der Waals surface area contributed by atoms with Gasteiger partial charge in [0.25, 0.3) is 0 Å². The first kappa shape index (κ1) is 12.4. The minimum absolute atomic E-state index is 0.188. The predicted molar refractivity (Wildman–Crippen MR) is 74.5 cm³/mol. The van der Waals surface area contributed by atoms with E-state index in [0.29, 0.717) is 6.54 Å². The summed E-state index contributed by atoms with van der Waals surface area (Å²) in [5.74, 6) is -0.188. The first-order chi connectivity index (χ1) is 8.69. The Labute approximate surface area is 107 Å². The van der Waals surface area contributed by atoms with Crippen molar-refractivity contribution in [1.29, 1.82) is 0 Å². The molecule has 0 aliphatic carbocycles. The topological polar surface area (TPSA) is 15.3 Å². The number of hydrogen-bond donors (Lipinski definition) is 1. The lowest BCUT2D eigenvalue weighted by Crippen LogP contribution is -2.16. The lowest BCUT2D eigenvalue weighted by Gasteiger charge is -2.19. The highest BCUT2D eigenvalue weighted by Gasteiger charge is 2.03. The van der Waals surface area contributed by atoms with Crippen molar-refractivity contribution in [1.82, 2.24) is 0 Å². The highest BCUT2D eigenvalue weighted by atomic mass is 19.1. The molecule has 1 N–H and O–H groups in total. The second-order valence-electron chi connectivity index (χ2n) is 4.28. The summed E-state index contributed by atoms with van der Waals surface area (Å²) in [4.78, 5) is 2.09. The molecule has 0 radical (unpaired) electrons. The fraction of sp³-hybridized carbons (Fsp3) is 0.200. The Kier molecular flexibility index (Phi) is 3.82. The van der Waals surface area contributed by atoms with Gasteiger partial charge in [0.15, 0.2) is 0 Å². The Bertz CT molecular complexity index is 508. The van der Waals surface area contributed by atoms with E-state index in [4.69, 9.17) is 0 Å². The molecule has 0 atom stereocenters. The van der Waals surface area contributed by atoms with E-state index >= 15 is 0 Å². The second-order valence-corrected chi connectivity index (χ2v) is 4.28. The van der Waals surface area contributed by atoms with Crippen molar-refractivity contribution in [2.24, 2.45) is 0 Å². The molecule has 0 aromatic heterocycles. The summed E-state index contributed by atoms with van der Waals surface area (Å²) < 4.78 is 13.1. The second kappa shape index (κ2) is 5.54. The maximum absolute atomic E-state index is 13.1. The highest BCUT2D eigenvalue weighted by molar-refractivity contribution is 5.54. The number of benzene rings is 2. The van der Waals surface area contributed by atoms with E-state index in [0.717, 1.165) is 16.9 Å². The molecule has 2 aromatic rings. The van der Waals surface area contributed by atoms with Crippen LogP contribution in [0.5, 0.6) is 0 Å². The number of nitrogens with one attached hydrogen (secondary N) is 1. The summed E-state index contributed by atoms with van der Waals surface area (Å²) in [7, 11) is 3.89. The average Bonchev–Trinajstić information content (AvgIpc) is 2.39. The lowest BCUT2D eigenvalue weighted by atomic mass is 10.2. The quantitative estimate of drug-likeness (QED) is 0.885. The molecule has 2 aromatic carbocycles.